The van der Waals surface area contributed by atoms with Gasteiger partial charge in [0, 0.05) is 25.5 Å². The number of nitrogens with one attached hydrogen (secondary N) is 2. The zero-order valence-corrected chi connectivity index (χ0v) is 15.6. The van der Waals surface area contributed by atoms with Crippen LogP contribution in [0.1, 0.15) is 42.6 Å². The fraction of sp³-hybridized carbons (Fsp3) is 0.500. The van der Waals surface area contributed by atoms with Gasteiger partial charge in [0.2, 0.25) is 0 Å². The Balaban J connectivity index is 1.83. The summed E-state index contributed by atoms with van der Waals surface area (Å²) in [4.78, 5) is 32.7. The molecule has 0 saturated carbocycles. The summed E-state index contributed by atoms with van der Waals surface area (Å²) in [6, 6.07) is 0. The number of nitrogens with zero attached hydrogens (tertiary/aromatic N) is 3. The number of carbonyl (C=O) groups is 2. The highest BCUT2D eigenvalue weighted by Crippen LogP contribution is 2.23. The van der Waals surface area contributed by atoms with Crippen LogP contribution < -0.4 is 10.6 Å². The first-order valence-electron chi connectivity index (χ1n) is 7.96. The summed E-state index contributed by atoms with van der Waals surface area (Å²) in [5.74, 6) is -0.196. The van der Waals surface area contributed by atoms with Gasteiger partial charge in [-0.15, -0.1) is 0 Å². The van der Waals surface area contributed by atoms with E-state index in [0.29, 0.717) is 22.2 Å². The highest BCUT2D eigenvalue weighted by atomic mass is 32.1. The average molecular weight is 365 g/mol. The molecular formula is C16H23N5O3S. The minimum atomic E-state index is -0.591. The Morgan fingerprint density at radius 3 is 2.76 bits per heavy atom. The lowest BCUT2D eigenvalue weighted by molar-refractivity contribution is 0.0635. The maximum atomic E-state index is 12.3. The van der Waals surface area contributed by atoms with E-state index in [2.05, 4.69) is 20.6 Å². The van der Waals surface area contributed by atoms with E-state index in [-0.39, 0.29) is 5.91 Å². The second kappa shape index (κ2) is 8.11. The van der Waals surface area contributed by atoms with Gasteiger partial charge in [-0.1, -0.05) is 11.3 Å². The number of rotatable bonds is 6. The van der Waals surface area contributed by atoms with E-state index in [0.717, 1.165) is 24.3 Å². The van der Waals surface area contributed by atoms with Crippen LogP contribution in [0, 0.1) is 6.92 Å². The van der Waals surface area contributed by atoms with Crippen molar-refractivity contribution in [2.45, 2.75) is 46.3 Å². The number of aromatic nitrogens is 3. The van der Waals surface area contributed by atoms with E-state index < -0.39 is 11.7 Å². The molecule has 2 N–H and O–H groups in total. The molecule has 0 aliphatic heterocycles. The van der Waals surface area contributed by atoms with Gasteiger partial charge in [0.15, 0.2) is 5.13 Å². The quantitative estimate of drug-likeness (QED) is 0.767. The number of hydrogen-bond donors (Lipinski definition) is 2. The number of imidazole rings is 1. The second-order valence-electron chi connectivity index (χ2n) is 6.47. The molecule has 2 aromatic heterocycles. The van der Waals surface area contributed by atoms with Gasteiger partial charge in [-0.05, 0) is 34.1 Å². The van der Waals surface area contributed by atoms with E-state index in [4.69, 9.17) is 4.74 Å². The Hall–Kier alpha value is -2.42. The van der Waals surface area contributed by atoms with Crippen molar-refractivity contribution < 1.29 is 14.3 Å². The molecule has 2 aromatic rings. The first kappa shape index (κ1) is 18.9. The molecule has 2 heterocycles. The minimum Gasteiger partial charge on any atom is -0.444 e. The van der Waals surface area contributed by atoms with Crippen LogP contribution in [0.25, 0.3) is 0 Å². The number of aryl methyl sites for hydroxylation is 2. The van der Waals surface area contributed by atoms with Crippen LogP contribution in [0.3, 0.4) is 0 Å². The molecule has 25 heavy (non-hydrogen) atoms. The van der Waals surface area contributed by atoms with Crippen molar-refractivity contribution in [1.82, 2.24) is 19.9 Å². The minimum absolute atomic E-state index is 0.196. The maximum absolute atomic E-state index is 12.3. The SMILES string of the molecule is Cc1nc(NC(=O)OC(C)(C)C)sc1C(=O)NCCCn1ccnc1. The van der Waals surface area contributed by atoms with Crippen LogP contribution in [0.4, 0.5) is 9.93 Å². The molecule has 2 amide bonds. The molecule has 0 spiro atoms. The lowest BCUT2D eigenvalue weighted by Crippen LogP contribution is -2.27. The van der Waals surface area contributed by atoms with Crippen molar-refractivity contribution in [3.05, 3.63) is 29.3 Å². The van der Waals surface area contributed by atoms with E-state index >= 15 is 0 Å². The van der Waals surface area contributed by atoms with Crippen LogP contribution >= 0.6 is 11.3 Å². The first-order valence-corrected chi connectivity index (χ1v) is 8.77. The van der Waals surface area contributed by atoms with Gasteiger partial charge in [0.05, 0.1) is 12.0 Å². The number of carbonyl (C=O) groups excluding carboxylic acids is 2. The summed E-state index contributed by atoms with van der Waals surface area (Å²) in [7, 11) is 0. The van der Waals surface area contributed by atoms with Crippen molar-refractivity contribution in [3.8, 4) is 0 Å². The summed E-state index contributed by atoms with van der Waals surface area (Å²) in [5.41, 5.74) is -0.0191. The summed E-state index contributed by atoms with van der Waals surface area (Å²) >= 11 is 1.13. The third-order valence-corrected chi connectivity index (χ3v) is 4.12. The Labute approximate surface area is 150 Å². The largest absolute Gasteiger partial charge is 0.444 e. The average Bonchev–Trinajstić information content (AvgIpc) is 3.11. The zero-order valence-electron chi connectivity index (χ0n) is 14.8. The standard InChI is InChI=1S/C16H23N5O3S/c1-11-12(13(22)18-6-5-8-21-9-7-17-10-21)25-14(19-11)20-15(23)24-16(2,3)4/h7,9-10H,5-6,8H2,1-4H3,(H,18,22)(H,19,20,23). The lowest BCUT2D eigenvalue weighted by atomic mass is 10.2. The fourth-order valence-corrected chi connectivity index (χ4v) is 2.88. The smallest absolute Gasteiger partial charge is 0.413 e. The van der Waals surface area contributed by atoms with Crippen LogP contribution in [0.5, 0.6) is 0 Å². The van der Waals surface area contributed by atoms with E-state index in [1.165, 1.54) is 0 Å². The summed E-state index contributed by atoms with van der Waals surface area (Å²) in [6.45, 7) is 8.40. The van der Waals surface area contributed by atoms with Crippen LogP contribution in [-0.4, -0.2) is 38.7 Å². The van der Waals surface area contributed by atoms with Crippen molar-refractivity contribution >= 4 is 28.5 Å². The lowest BCUT2D eigenvalue weighted by Gasteiger charge is -2.18. The van der Waals surface area contributed by atoms with Gasteiger partial charge >= 0.3 is 6.09 Å². The molecule has 2 rings (SSSR count). The summed E-state index contributed by atoms with van der Waals surface area (Å²) in [6.07, 6.45) is 5.54. The van der Waals surface area contributed by atoms with Gasteiger partial charge in [-0.2, -0.15) is 0 Å². The van der Waals surface area contributed by atoms with Crippen molar-refractivity contribution in [2.75, 3.05) is 11.9 Å². The van der Waals surface area contributed by atoms with Gasteiger partial charge in [0.1, 0.15) is 10.5 Å². The molecule has 0 aromatic carbocycles. The Bertz CT molecular complexity index is 719. The molecule has 0 atom stereocenters. The number of hydrogen-bond acceptors (Lipinski definition) is 6. The molecule has 0 saturated heterocycles. The van der Waals surface area contributed by atoms with E-state index in [9.17, 15) is 9.59 Å². The van der Waals surface area contributed by atoms with Gasteiger partial charge in [-0.3, -0.25) is 10.1 Å². The Morgan fingerprint density at radius 2 is 2.12 bits per heavy atom. The molecule has 0 aliphatic rings. The molecule has 9 heteroatoms. The maximum Gasteiger partial charge on any atom is 0.413 e. The highest BCUT2D eigenvalue weighted by Gasteiger charge is 2.20. The van der Waals surface area contributed by atoms with Crippen molar-refractivity contribution in [3.63, 3.8) is 0 Å². The van der Waals surface area contributed by atoms with Crippen LogP contribution in [-0.2, 0) is 11.3 Å². The van der Waals surface area contributed by atoms with Crippen LogP contribution in [0.2, 0.25) is 0 Å². The topological polar surface area (TPSA) is 98.1 Å². The molecular weight excluding hydrogens is 342 g/mol. The predicted octanol–water partition coefficient (Wildman–Crippen LogP) is 2.82. The molecule has 8 nitrogen and oxygen atoms in total. The fourth-order valence-electron chi connectivity index (χ4n) is 2.01. The summed E-state index contributed by atoms with van der Waals surface area (Å²) < 4.78 is 7.13. The number of thiazole rings is 1. The van der Waals surface area contributed by atoms with E-state index in [1.54, 1.807) is 40.2 Å². The number of amides is 2. The predicted molar refractivity (Wildman–Crippen MR) is 95.9 cm³/mol. The molecule has 136 valence electrons. The normalized spacial score (nSPS) is 11.2. The highest BCUT2D eigenvalue weighted by molar-refractivity contribution is 7.17. The molecule has 0 unspecified atom stereocenters. The number of anilines is 1. The monoisotopic (exact) mass is 365 g/mol. The second-order valence-corrected chi connectivity index (χ2v) is 7.47. The van der Waals surface area contributed by atoms with E-state index in [1.807, 2.05) is 10.8 Å². The van der Waals surface area contributed by atoms with Gasteiger partial charge < -0.3 is 14.6 Å². The first-order chi connectivity index (χ1) is 11.7. The molecule has 0 bridgehead atoms. The third-order valence-electron chi connectivity index (χ3n) is 3.05. The summed E-state index contributed by atoms with van der Waals surface area (Å²) in [5, 5.41) is 5.76. The number of ether oxygens (including phenoxy) is 1. The van der Waals surface area contributed by atoms with Crippen LogP contribution in [0.15, 0.2) is 18.7 Å². The Morgan fingerprint density at radius 1 is 1.36 bits per heavy atom. The van der Waals surface area contributed by atoms with Crippen molar-refractivity contribution in [1.29, 1.82) is 0 Å². The molecule has 0 fully saturated rings. The zero-order chi connectivity index (χ0) is 18.4. The van der Waals surface area contributed by atoms with Crippen molar-refractivity contribution in [2.24, 2.45) is 0 Å². The molecule has 0 aliphatic carbocycles. The third kappa shape index (κ3) is 6.18. The van der Waals surface area contributed by atoms with Gasteiger partial charge in [-0.25, -0.2) is 14.8 Å². The molecule has 0 radical (unpaired) electrons. The Kier molecular flexibility index (Phi) is 6.13. The van der Waals surface area contributed by atoms with Gasteiger partial charge in [0.25, 0.3) is 5.91 Å².